The van der Waals surface area contributed by atoms with Gasteiger partial charge in [-0.05, 0) is 57.0 Å². The van der Waals surface area contributed by atoms with Crippen LogP contribution < -0.4 is 5.32 Å². The van der Waals surface area contributed by atoms with Crippen molar-refractivity contribution in [3.8, 4) is 0 Å². The molecule has 1 aliphatic rings. The third-order valence-electron chi connectivity index (χ3n) is 4.11. The van der Waals surface area contributed by atoms with Gasteiger partial charge in [0.25, 0.3) is 0 Å². The standard InChI is InChI=1S/C15H21FN2O2/c1-18(2)14-9-11(6-7-13(14)17-15(19)20)10-4-3-5-12(16)8-10/h3-5,8,11,13-14,17H,6-7,9H2,1-2H3,(H,19,20)/t11-,13-,14-/m0/s1. The summed E-state index contributed by atoms with van der Waals surface area (Å²) < 4.78 is 13.3. The quantitative estimate of drug-likeness (QED) is 0.895. The number of amides is 1. The zero-order valence-electron chi connectivity index (χ0n) is 11.8. The summed E-state index contributed by atoms with van der Waals surface area (Å²) in [7, 11) is 3.91. The van der Waals surface area contributed by atoms with Crippen molar-refractivity contribution in [1.82, 2.24) is 10.2 Å². The fourth-order valence-corrected chi connectivity index (χ4v) is 3.11. The molecule has 0 aromatic heterocycles. The molecule has 0 saturated heterocycles. The van der Waals surface area contributed by atoms with Gasteiger partial charge in [-0.25, -0.2) is 9.18 Å². The summed E-state index contributed by atoms with van der Waals surface area (Å²) in [5, 5.41) is 11.5. The number of hydrogen-bond acceptors (Lipinski definition) is 2. The van der Waals surface area contributed by atoms with Crippen molar-refractivity contribution in [2.75, 3.05) is 14.1 Å². The van der Waals surface area contributed by atoms with E-state index in [0.29, 0.717) is 0 Å². The van der Waals surface area contributed by atoms with Crippen molar-refractivity contribution in [3.63, 3.8) is 0 Å². The fraction of sp³-hybridized carbons (Fsp3) is 0.533. The van der Waals surface area contributed by atoms with Gasteiger partial charge in [-0.2, -0.15) is 0 Å². The molecule has 0 bridgehead atoms. The van der Waals surface area contributed by atoms with Crippen LogP contribution in [0.1, 0.15) is 30.7 Å². The zero-order valence-corrected chi connectivity index (χ0v) is 11.8. The van der Waals surface area contributed by atoms with Crippen molar-refractivity contribution in [2.24, 2.45) is 0 Å². The molecule has 3 atom stereocenters. The first kappa shape index (κ1) is 14.8. The van der Waals surface area contributed by atoms with Gasteiger partial charge in [0.05, 0.1) is 0 Å². The lowest BCUT2D eigenvalue weighted by atomic mass is 9.78. The van der Waals surface area contributed by atoms with Gasteiger partial charge in [0.1, 0.15) is 5.82 Å². The second-order valence-corrected chi connectivity index (χ2v) is 5.65. The maximum Gasteiger partial charge on any atom is 0.404 e. The molecule has 1 aliphatic carbocycles. The molecular formula is C15H21FN2O2. The second kappa shape index (κ2) is 6.22. The van der Waals surface area contributed by atoms with E-state index in [9.17, 15) is 9.18 Å². The molecule has 110 valence electrons. The van der Waals surface area contributed by atoms with E-state index in [1.807, 2.05) is 25.1 Å². The summed E-state index contributed by atoms with van der Waals surface area (Å²) in [5.41, 5.74) is 1.01. The Morgan fingerprint density at radius 2 is 2.15 bits per heavy atom. The van der Waals surface area contributed by atoms with Crippen molar-refractivity contribution in [3.05, 3.63) is 35.6 Å². The minimum atomic E-state index is -0.981. The van der Waals surface area contributed by atoms with E-state index in [2.05, 4.69) is 5.32 Å². The first-order valence-electron chi connectivity index (χ1n) is 6.88. The molecule has 20 heavy (non-hydrogen) atoms. The summed E-state index contributed by atoms with van der Waals surface area (Å²) in [6.45, 7) is 0. The molecule has 1 aromatic rings. The third-order valence-corrected chi connectivity index (χ3v) is 4.11. The normalized spacial score (nSPS) is 26.5. The second-order valence-electron chi connectivity index (χ2n) is 5.65. The van der Waals surface area contributed by atoms with Gasteiger partial charge >= 0.3 is 6.09 Å². The maximum absolute atomic E-state index is 13.3. The van der Waals surface area contributed by atoms with Gasteiger partial charge in [0.15, 0.2) is 0 Å². The lowest BCUT2D eigenvalue weighted by Gasteiger charge is -2.39. The summed E-state index contributed by atoms with van der Waals surface area (Å²) in [4.78, 5) is 12.9. The first-order valence-corrected chi connectivity index (χ1v) is 6.88. The van der Waals surface area contributed by atoms with Crippen molar-refractivity contribution in [1.29, 1.82) is 0 Å². The Balaban J connectivity index is 2.12. The first-order chi connectivity index (χ1) is 9.47. The minimum absolute atomic E-state index is 0.0627. The molecule has 4 nitrogen and oxygen atoms in total. The zero-order chi connectivity index (χ0) is 14.7. The van der Waals surface area contributed by atoms with Crippen LogP contribution >= 0.6 is 0 Å². The van der Waals surface area contributed by atoms with Crippen LogP contribution in [0.2, 0.25) is 0 Å². The number of benzene rings is 1. The lowest BCUT2D eigenvalue weighted by Crippen LogP contribution is -2.52. The van der Waals surface area contributed by atoms with E-state index in [0.717, 1.165) is 24.8 Å². The van der Waals surface area contributed by atoms with E-state index in [4.69, 9.17) is 5.11 Å². The van der Waals surface area contributed by atoms with Crippen LogP contribution in [0.4, 0.5) is 9.18 Å². The number of carbonyl (C=O) groups is 1. The van der Waals surface area contributed by atoms with Gasteiger partial charge in [-0.1, -0.05) is 12.1 Å². The van der Waals surface area contributed by atoms with Gasteiger partial charge in [-0.15, -0.1) is 0 Å². The molecule has 2 rings (SSSR count). The molecule has 0 heterocycles. The van der Waals surface area contributed by atoms with E-state index >= 15 is 0 Å². The van der Waals surface area contributed by atoms with Crippen LogP contribution in [0.3, 0.4) is 0 Å². The highest BCUT2D eigenvalue weighted by Crippen LogP contribution is 2.34. The topological polar surface area (TPSA) is 52.6 Å². The lowest BCUT2D eigenvalue weighted by molar-refractivity contribution is 0.145. The van der Waals surface area contributed by atoms with Crippen molar-refractivity contribution in [2.45, 2.75) is 37.3 Å². The molecule has 2 N–H and O–H groups in total. The number of rotatable bonds is 3. The highest BCUT2D eigenvalue weighted by molar-refractivity contribution is 5.65. The van der Waals surface area contributed by atoms with Crippen molar-refractivity contribution < 1.29 is 14.3 Å². The number of likely N-dealkylation sites (N-methyl/N-ethyl adjacent to an activating group) is 1. The van der Waals surface area contributed by atoms with Crippen molar-refractivity contribution >= 4 is 6.09 Å². The van der Waals surface area contributed by atoms with Gasteiger partial charge < -0.3 is 15.3 Å². The molecule has 1 aromatic carbocycles. The van der Waals surface area contributed by atoms with Gasteiger partial charge in [0, 0.05) is 12.1 Å². The van der Waals surface area contributed by atoms with Gasteiger partial charge in [-0.3, -0.25) is 0 Å². The van der Waals surface area contributed by atoms with E-state index in [1.54, 1.807) is 12.1 Å². The van der Waals surface area contributed by atoms with Crippen LogP contribution in [-0.4, -0.2) is 42.3 Å². The number of hydrogen-bond donors (Lipinski definition) is 2. The van der Waals surface area contributed by atoms with Crippen LogP contribution in [0, 0.1) is 5.82 Å². The minimum Gasteiger partial charge on any atom is -0.465 e. The number of nitrogens with one attached hydrogen (secondary N) is 1. The fourth-order valence-electron chi connectivity index (χ4n) is 3.11. The maximum atomic E-state index is 13.3. The Kier molecular flexibility index (Phi) is 4.60. The summed E-state index contributed by atoms with van der Waals surface area (Å²) in [6.07, 6.45) is 1.50. The Morgan fingerprint density at radius 1 is 1.40 bits per heavy atom. The average molecular weight is 280 g/mol. The average Bonchev–Trinajstić information content (AvgIpc) is 2.38. The molecule has 5 heteroatoms. The highest BCUT2D eigenvalue weighted by atomic mass is 19.1. The summed E-state index contributed by atoms with van der Waals surface area (Å²) in [5.74, 6) is 0.0691. The molecule has 0 radical (unpaired) electrons. The van der Waals surface area contributed by atoms with E-state index in [-0.39, 0.29) is 23.8 Å². The number of nitrogens with zero attached hydrogens (tertiary/aromatic N) is 1. The highest BCUT2D eigenvalue weighted by Gasteiger charge is 2.33. The monoisotopic (exact) mass is 280 g/mol. The molecule has 0 aliphatic heterocycles. The van der Waals surface area contributed by atoms with E-state index in [1.165, 1.54) is 6.07 Å². The predicted octanol–water partition coefficient (Wildman–Crippen LogP) is 2.66. The van der Waals surface area contributed by atoms with E-state index < -0.39 is 6.09 Å². The molecule has 0 spiro atoms. The largest absolute Gasteiger partial charge is 0.465 e. The summed E-state index contributed by atoms with van der Waals surface area (Å²) in [6, 6.07) is 6.79. The molecule has 1 saturated carbocycles. The Morgan fingerprint density at radius 3 is 2.75 bits per heavy atom. The van der Waals surface area contributed by atoms with Crippen LogP contribution in [-0.2, 0) is 0 Å². The third kappa shape index (κ3) is 3.48. The SMILES string of the molecule is CN(C)[C@H]1C[C@@H](c2cccc(F)c2)CC[C@@H]1NC(=O)O. The van der Waals surface area contributed by atoms with Crippen LogP contribution in [0.25, 0.3) is 0 Å². The predicted molar refractivity (Wildman–Crippen MR) is 75.4 cm³/mol. The van der Waals surface area contributed by atoms with Crippen LogP contribution in [0.5, 0.6) is 0 Å². The Labute approximate surface area is 118 Å². The Hall–Kier alpha value is -1.62. The smallest absolute Gasteiger partial charge is 0.404 e. The number of carboxylic acid groups (broad SMARTS) is 1. The molecular weight excluding hydrogens is 259 g/mol. The number of halogens is 1. The van der Waals surface area contributed by atoms with Gasteiger partial charge in [0.2, 0.25) is 0 Å². The van der Waals surface area contributed by atoms with Crippen LogP contribution in [0.15, 0.2) is 24.3 Å². The summed E-state index contributed by atoms with van der Waals surface area (Å²) >= 11 is 0. The molecule has 1 amide bonds. The molecule has 1 fully saturated rings. The molecule has 0 unspecified atom stereocenters. The Bertz CT molecular complexity index is 479.